The number of aromatic nitrogens is 1. The lowest BCUT2D eigenvalue weighted by atomic mass is 9.99. The molecule has 3 atom stereocenters. The highest BCUT2D eigenvalue weighted by atomic mass is 79.9. The van der Waals surface area contributed by atoms with E-state index in [0.717, 1.165) is 12.0 Å². The fraction of sp³-hybridized carbons (Fsp3) is 0.350. The van der Waals surface area contributed by atoms with Crippen LogP contribution in [0.1, 0.15) is 28.8 Å². The molecular formula is C20H20BrFN4O2. The standard InChI is InChI=1S/C20H20BrFN4O2/c1-11-6-7-16(21)25-17(11)26-19(28)14-8-20(9-15(20)24-14)10-23-18(27)12-4-2-3-5-13(12)22/h2-7,14-15,24H,8-10H2,1H3,(H,23,27)(H,25,26,28). The summed E-state index contributed by atoms with van der Waals surface area (Å²) in [4.78, 5) is 29.2. The number of pyridine rings is 1. The molecule has 4 rings (SSSR count). The molecule has 0 radical (unpaired) electrons. The second-order valence-corrected chi connectivity index (χ2v) is 8.31. The number of carbonyl (C=O) groups is 2. The van der Waals surface area contributed by atoms with Gasteiger partial charge in [-0.25, -0.2) is 9.37 Å². The van der Waals surface area contributed by atoms with E-state index in [9.17, 15) is 14.0 Å². The molecular weight excluding hydrogens is 427 g/mol. The summed E-state index contributed by atoms with van der Waals surface area (Å²) in [6.07, 6.45) is 1.51. The van der Waals surface area contributed by atoms with Crippen LogP contribution in [0, 0.1) is 18.2 Å². The molecule has 1 aliphatic carbocycles. The van der Waals surface area contributed by atoms with Gasteiger partial charge in [0, 0.05) is 18.0 Å². The summed E-state index contributed by atoms with van der Waals surface area (Å²) in [5.41, 5.74) is 0.766. The van der Waals surface area contributed by atoms with Gasteiger partial charge in [0.05, 0.1) is 11.6 Å². The molecule has 2 heterocycles. The van der Waals surface area contributed by atoms with E-state index >= 15 is 0 Å². The Morgan fingerprint density at radius 2 is 2.07 bits per heavy atom. The molecule has 3 N–H and O–H groups in total. The van der Waals surface area contributed by atoms with Gasteiger partial charge < -0.3 is 16.0 Å². The van der Waals surface area contributed by atoms with Gasteiger partial charge >= 0.3 is 0 Å². The van der Waals surface area contributed by atoms with E-state index < -0.39 is 11.7 Å². The molecule has 1 aliphatic heterocycles. The van der Waals surface area contributed by atoms with Crippen LogP contribution in [-0.2, 0) is 4.79 Å². The first-order chi connectivity index (χ1) is 13.4. The van der Waals surface area contributed by atoms with Gasteiger partial charge in [0.2, 0.25) is 5.91 Å². The molecule has 6 nitrogen and oxygen atoms in total. The van der Waals surface area contributed by atoms with Crippen LogP contribution in [0.3, 0.4) is 0 Å². The lowest BCUT2D eigenvalue weighted by Crippen LogP contribution is -2.38. The van der Waals surface area contributed by atoms with Gasteiger partial charge in [-0.05, 0) is 59.5 Å². The molecule has 28 heavy (non-hydrogen) atoms. The number of halogens is 2. The van der Waals surface area contributed by atoms with Crippen LogP contribution in [0.5, 0.6) is 0 Å². The third-order valence-electron chi connectivity index (χ3n) is 5.54. The highest BCUT2D eigenvalue weighted by Gasteiger charge is 2.61. The Bertz CT molecular complexity index is 954. The fourth-order valence-electron chi connectivity index (χ4n) is 3.79. The summed E-state index contributed by atoms with van der Waals surface area (Å²) in [6, 6.07) is 9.45. The average molecular weight is 447 g/mol. The first-order valence-electron chi connectivity index (χ1n) is 9.11. The summed E-state index contributed by atoms with van der Waals surface area (Å²) in [7, 11) is 0. The van der Waals surface area contributed by atoms with Crippen LogP contribution in [0.4, 0.5) is 10.2 Å². The molecule has 1 aromatic carbocycles. The molecule has 0 bridgehead atoms. The van der Waals surface area contributed by atoms with Crippen molar-refractivity contribution in [1.29, 1.82) is 0 Å². The Hall–Kier alpha value is -2.32. The first kappa shape index (κ1) is 19.0. The van der Waals surface area contributed by atoms with Gasteiger partial charge in [-0.3, -0.25) is 9.59 Å². The lowest BCUT2D eigenvalue weighted by Gasteiger charge is -2.17. The van der Waals surface area contributed by atoms with E-state index in [1.165, 1.54) is 12.1 Å². The van der Waals surface area contributed by atoms with E-state index in [1.807, 2.05) is 19.1 Å². The van der Waals surface area contributed by atoms with Crippen molar-refractivity contribution in [2.45, 2.75) is 31.8 Å². The number of carbonyl (C=O) groups excluding carboxylic acids is 2. The number of anilines is 1. The molecule has 2 amide bonds. The van der Waals surface area contributed by atoms with Gasteiger partial charge in [-0.2, -0.15) is 0 Å². The SMILES string of the molecule is Cc1ccc(Br)nc1NC(=O)C1CC2(CNC(=O)c3ccccc3F)CC2N1. The van der Waals surface area contributed by atoms with Crippen molar-refractivity contribution >= 4 is 33.6 Å². The summed E-state index contributed by atoms with van der Waals surface area (Å²) < 4.78 is 14.4. The molecule has 146 valence electrons. The van der Waals surface area contributed by atoms with Crippen LogP contribution in [0.2, 0.25) is 0 Å². The predicted octanol–water partition coefficient (Wildman–Crippen LogP) is 2.78. The fourth-order valence-corrected chi connectivity index (χ4v) is 4.09. The van der Waals surface area contributed by atoms with Gasteiger partial charge in [0.15, 0.2) is 0 Å². The monoisotopic (exact) mass is 446 g/mol. The summed E-state index contributed by atoms with van der Waals surface area (Å²) in [5, 5.41) is 9.01. The maximum absolute atomic E-state index is 13.7. The first-order valence-corrected chi connectivity index (χ1v) is 9.90. The van der Waals surface area contributed by atoms with Crippen molar-refractivity contribution in [3.8, 4) is 0 Å². The van der Waals surface area contributed by atoms with Crippen LogP contribution in [-0.4, -0.2) is 35.4 Å². The van der Waals surface area contributed by atoms with Crippen molar-refractivity contribution < 1.29 is 14.0 Å². The number of rotatable bonds is 5. The number of benzene rings is 1. The van der Waals surface area contributed by atoms with Crippen molar-refractivity contribution in [2.75, 3.05) is 11.9 Å². The van der Waals surface area contributed by atoms with E-state index in [1.54, 1.807) is 12.1 Å². The Morgan fingerprint density at radius 3 is 2.86 bits per heavy atom. The van der Waals surface area contributed by atoms with Crippen LogP contribution >= 0.6 is 15.9 Å². The molecule has 3 unspecified atom stereocenters. The molecule has 8 heteroatoms. The maximum Gasteiger partial charge on any atom is 0.254 e. The van der Waals surface area contributed by atoms with E-state index in [0.29, 0.717) is 23.4 Å². The van der Waals surface area contributed by atoms with Crippen LogP contribution in [0.15, 0.2) is 41.0 Å². The zero-order valence-electron chi connectivity index (χ0n) is 15.3. The zero-order chi connectivity index (χ0) is 19.9. The van der Waals surface area contributed by atoms with E-state index in [2.05, 4.69) is 36.9 Å². The number of piperidine rings is 1. The predicted molar refractivity (Wildman–Crippen MR) is 106 cm³/mol. The topological polar surface area (TPSA) is 83.1 Å². The van der Waals surface area contributed by atoms with Crippen LogP contribution < -0.4 is 16.0 Å². The van der Waals surface area contributed by atoms with Crippen molar-refractivity contribution in [2.24, 2.45) is 5.41 Å². The molecule has 2 aliphatic rings. The maximum atomic E-state index is 13.7. The van der Waals surface area contributed by atoms with Gasteiger partial charge in [0.1, 0.15) is 16.2 Å². The van der Waals surface area contributed by atoms with E-state index in [4.69, 9.17) is 0 Å². The third-order valence-corrected chi connectivity index (χ3v) is 5.98. The van der Waals surface area contributed by atoms with Crippen molar-refractivity contribution in [3.63, 3.8) is 0 Å². The Kier molecular flexibility index (Phi) is 4.93. The summed E-state index contributed by atoms with van der Waals surface area (Å²) in [5.74, 6) is -0.576. The largest absolute Gasteiger partial charge is 0.351 e. The average Bonchev–Trinajstić information content (AvgIpc) is 3.23. The quantitative estimate of drug-likeness (QED) is 0.616. The number of hydrogen-bond acceptors (Lipinski definition) is 4. The summed E-state index contributed by atoms with van der Waals surface area (Å²) in [6.45, 7) is 2.30. The molecule has 1 saturated heterocycles. The Labute approximate surface area is 170 Å². The Balaban J connectivity index is 1.35. The minimum atomic E-state index is -0.538. The number of nitrogens with one attached hydrogen (secondary N) is 3. The van der Waals surface area contributed by atoms with Crippen LogP contribution in [0.25, 0.3) is 0 Å². The van der Waals surface area contributed by atoms with Crippen molar-refractivity contribution in [3.05, 3.63) is 57.9 Å². The number of aryl methyl sites for hydroxylation is 1. The smallest absolute Gasteiger partial charge is 0.254 e. The van der Waals surface area contributed by atoms with Gasteiger partial charge in [0.25, 0.3) is 5.91 Å². The Morgan fingerprint density at radius 1 is 1.29 bits per heavy atom. The minimum Gasteiger partial charge on any atom is -0.351 e. The third kappa shape index (κ3) is 3.66. The lowest BCUT2D eigenvalue weighted by molar-refractivity contribution is -0.118. The molecule has 1 saturated carbocycles. The normalized spacial score (nSPS) is 25.1. The minimum absolute atomic E-state index is 0.0348. The molecule has 0 spiro atoms. The van der Waals surface area contributed by atoms with E-state index in [-0.39, 0.29) is 29.0 Å². The molecule has 2 fully saturated rings. The highest BCUT2D eigenvalue weighted by Crippen LogP contribution is 2.54. The molecule has 2 aromatic rings. The van der Waals surface area contributed by atoms with Gasteiger partial charge in [-0.1, -0.05) is 18.2 Å². The highest BCUT2D eigenvalue weighted by molar-refractivity contribution is 9.10. The molecule has 1 aromatic heterocycles. The number of fused-ring (bicyclic) bond motifs is 1. The second-order valence-electron chi connectivity index (χ2n) is 7.49. The number of hydrogen-bond donors (Lipinski definition) is 3. The second kappa shape index (κ2) is 7.25. The number of amides is 2. The summed E-state index contributed by atoms with van der Waals surface area (Å²) >= 11 is 3.31. The van der Waals surface area contributed by atoms with Crippen molar-refractivity contribution in [1.82, 2.24) is 15.6 Å². The van der Waals surface area contributed by atoms with Gasteiger partial charge in [-0.15, -0.1) is 0 Å². The number of nitrogens with zero attached hydrogens (tertiary/aromatic N) is 1. The zero-order valence-corrected chi connectivity index (χ0v) is 16.8.